The number of benzene rings is 1. The van der Waals surface area contributed by atoms with Crippen molar-refractivity contribution in [2.45, 2.75) is 38.7 Å². The van der Waals surface area contributed by atoms with Gasteiger partial charge in [-0.2, -0.15) is 0 Å². The van der Waals surface area contributed by atoms with Crippen LogP contribution in [0.2, 0.25) is 0 Å². The average Bonchev–Trinajstić information content (AvgIpc) is 2.63. The van der Waals surface area contributed by atoms with E-state index >= 15 is 0 Å². The van der Waals surface area contributed by atoms with Gasteiger partial charge in [0.15, 0.2) is 11.6 Å². The highest BCUT2D eigenvalue weighted by molar-refractivity contribution is 5.43. The van der Waals surface area contributed by atoms with Crippen molar-refractivity contribution in [1.29, 1.82) is 0 Å². The maximum absolute atomic E-state index is 14.4. The lowest BCUT2D eigenvalue weighted by atomic mass is 9.65. The lowest BCUT2D eigenvalue weighted by molar-refractivity contribution is -0.123. The number of nitrogens with zero attached hydrogens (tertiary/aromatic N) is 1. The van der Waals surface area contributed by atoms with E-state index in [1.807, 2.05) is 20.9 Å². The minimum Gasteiger partial charge on any atom is -0.384 e. The van der Waals surface area contributed by atoms with Gasteiger partial charge in [0.2, 0.25) is 0 Å². The molecule has 1 N–H and O–H groups in total. The zero-order valence-electron chi connectivity index (χ0n) is 12.9. The molecule has 116 valence electrons. The number of hydrogen-bond acceptors (Lipinski definition) is 2. The zero-order valence-corrected chi connectivity index (χ0v) is 12.9. The normalized spacial score (nSPS) is 29.6. The molecule has 1 aromatic carbocycles. The van der Waals surface area contributed by atoms with Crippen LogP contribution in [0.4, 0.5) is 8.78 Å². The molecule has 0 aromatic heterocycles. The Morgan fingerprint density at radius 3 is 2.43 bits per heavy atom. The van der Waals surface area contributed by atoms with Gasteiger partial charge in [-0.3, -0.25) is 0 Å². The van der Waals surface area contributed by atoms with Crippen LogP contribution in [0, 0.1) is 23.0 Å². The van der Waals surface area contributed by atoms with Crippen molar-refractivity contribution in [2.24, 2.45) is 11.3 Å². The summed E-state index contributed by atoms with van der Waals surface area (Å²) < 4.78 is 28.1. The van der Waals surface area contributed by atoms with Crippen molar-refractivity contribution < 1.29 is 13.9 Å². The first-order chi connectivity index (χ1) is 9.77. The summed E-state index contributed by atoms with van der Waals surface area (Å²) in [5.74, 6) is -1.75. The van der Waals surface area contributed by atoms with Crippen LogP contribution in [0.1, 0.15) is 37.8 Å². The van der Waals surface area contributed by atoms with Gasteiger partial charge in [0.05, 0.1) is 0 Å². The van der Waals surface area contributed by atoms with Gasteiger partial charge in [-0.05, 0) is 56.9 Å². The molecule has 0 spiro atoms. The van der Waals surface area contributed by atoms with Gasteiger partial charge in [-0.1, -0.05) is 19.9 Å². The van der Waals surface area contributed by atoms with Crippen molar-refractivity contribution in [3.8, 4) is 0 Å². The summed E-state index contributed by atoms with van der Waals surface area (Å²) in [6.45, 7) is 5.69. The van der Waals surface area contributed by atoms with E-state index in [2.05, 4.69) is 4.90 Å². The molecular formula is C17H23F2NO. The maximum Gasteiger partial charge on any atom is 0.165 e. The largest absolute Gasteiger partial charge is 0.384 e. The molecule has 2 aliphatic rings. The first-order valence-electron chi connectivity index (χ1n) is 7.65. The van der Waals surface area contributed by atoms with Gasteiger partial charge in [0.25, 0.3) is 0 Å². The van der Waals surface area contributed by atoms with Gasteiger partial charge < -0.3 is 10.0 Å². The second kappa shape index (κ2) is 4.75. The number of fused-ring (bicyclic) bond motifs is 1. The second-order valence-electron chi connectivity index (χ2n) is 7.30. The number of hydrogen-bond donors (Lipinski definition) is 1. The Labute approximate surface area is 124 Å². The molecule has 0 amide bonds. The molecule has 1 fully saturated rings. The third kappa shape index (κ3) is 2.03. The van der Waals surface area contributed by atoms with Crippen molar-refractivity contribution >= 4 is 0 Å². The topological polar surface area (TPSA) is 23.5 Å². The molecule has 1 aliphatic heterocycles. The van der Waals surface area contributed by atoms with Crippen LogP contribution in [-0.4, -0.2) is 30.1 Å². The van der Waals surface area contributed by atoms with Crippen LogP contribution in [0.5, 0.6) is 0 Å². The Balaban J connectivity index is 2.10. The maximum atomic E-state index is 14.4. The smallest absolute Gasteiger partial charge is 0.165 e. The van der Waals surface area contributed by atoms with E-state index in [4.69, 9.17) is 0 Å². The predicted octanol–water partition coefficient (Wildman–Crippen LogP) is 3.08. The molecule has 3 rings (SSSR count). The highest BCUT2D eigenvalue weighted by Gasteiger charge is 2.57. The summed E-state index contributed by atoms with van der Waals surface area (Å²) in [4.78, 5) is 2.21. The molecule has 1 heterocycles. The van der Waals surface area contributed by atoms with Gasteiger partial charge in [0.1, 0.15) is 5.60 Å². The monoisotopic (exact) mass is 295 g/mol. The quantitative estimate of drug-likeness (QED) is 0.860. The molecule has 2 nitrogen and oxygen atoms in total. The van der Waals surface area contributed by atoms with E-state index in [9.17, 15) is 13.9 Å². The molecular weight excluding hydrogens is 272 g/mol. The molecule has 0 bridgehead atoms. The Bertz CT molecular complexity index is 564. The summed E-state index contributed by atoms with van der Waals surface area (Å²) in [5, 5.41) is 11.5. The predicted molar refractivity (Wildman–Crippen MR) is 78.0 cm³/mol. The SMILES string of the molecule is CN1CCC(C2(O)c3c(ccc(F)c3F)CC2(C)C)CC1. The van der Waals surface area contributed by atoms with Gasteiger partial charge in [-0.25, -0.2) is 8.78 Å². The average molecular weight is 295 g/mol. The molecule has 1 aromatic rings. The first kappa shape index (κ1) is 14.9. The van der Waals surface area contributed by atoms with Crippen LogP contribution in [0.25, 0.3) is 0 Å². The van der Waals surface area contributed by atoms with E-state index < -0.39 is 22.7 Å². The number of halogens is 2. The third-order valence-electron chi connectivity index (χ3n) is 5.54. The molecule has 1 unspecified atom stereocenters. The fraction of sp³-hybridized carbons (Fsp3) is 0.647. The highest BCUT2D eigenvalue weighted by Crippen LogP contribution is 2.56. The minimum atomic E-state index is -1.28. The summed E-state index contributed by atoms with van der Waals surface area (Å²) in [5.41, 5.74) is -0.803. The summed E-state index contributed by atoms with van der Waals surface area (Å²) in [6.07, 6.45) is 2.21. The highest BCUT2D eigenvalue weighted by atomic mass is 19.2. The van der Waals surface area contributed by atoms with Crippen LogP contribution in [0.3, 0.4) is 0 Å². The fourth-order valence-electron chi connectivity index (χ4n) is 4.28. The Morgan fingerprint density at radius 1 is 1.19 bits per heavy atom. The van der Waals surface area contributed by atoms with E-state index in [1.165, 1.54) is 6.07 Å². The van der Waals surface area contributed by atoms with Crippen LogP contribution in [-0.2, 0) is 12.0 Å². The van der Waals surface area contributed by atoms with Crippen molar-refractivity contribution in [3.63, 3.8) is 0 Å². The summed E-state index contributed by atoms with van der Waals surface area (Å²) >= 11 is 0. The molecule has 1 saturated heterocycles. The zero-order chi connectivity index (χ0) is 15.4. The lowest BCUT2D eigenvalue weighted by Gasteiger charge is -2.46. The number of piperidine rings is 1. The van der Waals surface area contributed by atoms with E-state index in [1.54, 1.807) is 6.07 Å². The van der Waals surface area contributed by atoms with Gasteiger partial charge in [-0.15, -0.1) is 0 Å². The van der Waals surface area contributed by atoms with Crippen molar-refractivity contribution in [1.82, 2.24) is 4.90 Å². The first-order valence-corrected chi connectivity index (χ1v) is 7.65. The van der Waals surface area contributed by atoms with Crippen LogP contribution in [0.15, 0.2) is 12.1 Å². The summed E-state index contributed by atoms with van der Waals surface area (Å²) in [6, 6.07) is 2.80. The molecule has 0 saturated carbocycles. The number of likely N-dealkylation sites (tertiary alicyclic amines) is 1. The van der Waals surface area contributed by atoms with E-state index in [-0.39, 0.29) is 11.5 Å². The van der Waals surface area contributed by atoms with Crippen LogP contribution < -0.4 is 0 Å². The molecule has 21 heavy (non-hydrogen) atoms. The Kier molecular flexibility index (Phi) is 3.37. The number of rotatable bonds is 1. The second-order valence-corrected chi connectivity index (χ2v) is 7.30. The van der Waals surface area contributed by atoms with E-state index in [0.29, 0.717) is 6.42 Å². The molecule has 0 radical (unpaired) electrons. The molecule has 1 atom stereocenters. The third-order valence-corrected chi connectivity index (χ3v) is 5.54. The minimum absolute atomic E-state index is 0.0266. The molecule has 1 aliphatic carbocycles. The molecule has 4 heteroatoms. The standard InChI is InChI=1S/C17H23F2NO/c1-16(2)10-11-4-5-13(18)15(19)14(11)17(16,21)12-6-8-20(3)9-7-12/h4-5,12,21H,6-10H2,1-3H3. The fourth-order valence-corrected chi connectivity index (χ4v) is 4.28. The van der Waals surface area contributed by atoms with Gasteiger partial charge in [0, 0.05) is 11.0 Å². The van der Waals surface area contributed by atoms with Crippen molar-refractivity contribution in [3.05, 3.63) is 34.9 Å². The summed E-state index contributed by atoms with van der Waals surface area (Å²) in [7, 11) is 2.05. The Hall–Kier alpha value is -1.00. The van der Waals surface area contributed by atoms with Gasteiger partial charge >= 0.3 is 0 Å². The van der Waals surface area contributed by atoms with Crippen LogP contribution >= 0.6 is 0 Å². The van der Waals surface area contributed by atoms with Crippen molar-refractivity contribution in [2.75, 3.05) is 20.1 Å². The number of aliphatic hydroxyl groups is 1. The lowest BCUT2D eigenvalue weighted by Crippen LogP contribution is -2.49. The Morgan fingerprint density at radius 2 is 1.81 bits per heavy atom. The van der Waals surface area contributed by atoms with E-state index in [0.717, 1.165) is 31.5 Å².